The Morgan fingerprint density at radius 2 is 1.92 bits per heavy atom. The molecule has 0 spiro atoms. The lowest BCUT2D eigenvalue weighted by atomic mass is 9.97. The third-order valence-corrected chi connectivity index (χ3v) is 2.46. The van der Waals surface area contributed by atoms with E-state index in [0.717, 1.165) is 38.4 Å². The maximum absolute atomic E-state index is 5.98. The molecule has 0 fully saturated rings. The summed E-state index contributed by atoms with van der Waals surface area (Å²) in [5.74, 6) is 0.732. The standard InChI is InChI=1S/C11H25NO/c1-5-11(4,12)7-9-13-8-6-10(2)3/h10H,5-9,12H2,1-4H3. The lowest BCUT2D eigenvalue weighted by Gasteiger charge is -2.22. The van der Waals surface area contributed by atoms with Gasteiger partial charge in [-0.3, -0.25) is 0 Å². The van der Waals surface area contributed by atoms with Gasteiger partial charge < -0.3 is 10.5 Å². The summed E-state index contributed by atoms with van der Waals surface area (Å²) in [5.41, 5.74) is 5.93. The molecule has 0 amide bonds. The van der Waals surface area contributed by atoms with Crippen molar-refractivity contribution in [1.29, 1.82) is 0 Å². The molecular formula is C11H25NO. The number of hydrogen-bond acceptors (Lipinski definition) is 2. The van der Waals surface area contributed by atoms with Crippen molar-refractivity contribution in [3.8, 4) is 0 Å². The molecule has 2 N–H and O–H groups in total. The quantitative estimate of drug-likeness (QED) is 0.622. The van der Waals surface area contributed by atoms with Gasteiger partial charge in [-0.05, 0) is 32.1 Å². The maximum atomic E-state index is 5.98. The normalized spacial score (nSPS) is 16.2. The Hall–Kier alpha value is -0.0800. The molecule has 2 nitrogen and oxygen atoms in total. The first-order valence-electron chi connectivity index (χ1n) is 5.34. The fourth-order valence-corrected chi connectivity index (χ4v) is 0.903. The van der Waals surface area contributed by atoms with Crippen molar-refractivity contribution in [2.24, 2.45) is 11.7 Å². The molecule has 0 bridgehead atoms. The lowest BCUT2D eigenvalue weighted by molar-refractivity contribution is 0.107. The van der Waals surface area contributed by atoms with Gasteiger partial charge in [0.1, 0.15) is 0 Å². The Labute approximate surface area is 82.8 Å². The summed E-state index contributed by atoms with van der Waals surface area (Å²) in [6.07, 6.45) is 3.12. The molecule has 0 rings (SSSR count). The SMILES string of the molecule is CCC(C)(N)CCOCCC(C)C. The van der Waals surface area contributed by atoms with Crippen molar-refractivity contribution in [2.45, 2.75) is 52.5 Å². The van der Waals surface area contributed by atoms with Crippen LogP contribution in [-0.4, -0.2) is 18.8 Å². The fraction of sp³-hybridized carbons (Fsp3) is 1.00. The molecule has 0 aromatic rings. The summed E-state index contributed by atoms with van der Waals surface area (Å²) in [4.78, 5) is 0. The third kappa shape index (κ3) is 8.26. The van der Waals surface area contributed by atoms with Crippen LogP contribution in [0.25, 0.3) is 0 Å². The van der Waals surface area contributed by atoms with Gasteiger partial charge in [0.2, 0.25) is 0 Å². The minimum atomic E-state index is -0.0438. The first-order valence-corrected chi connectivity index (χ1v) is 5.34. The maximum Gasteiger partial charge on any atom is 0.0483 e. The summed E-state index contributed by atoms with van der Waals surface area (Å²) in [6.45, 7) is 10.3. The Morgan fingerprint density at radius 3 is 2.38 bits per heavy atom. The van der Waals surface area contributed by atoms with Crippen molar-refractivity contribution in [1.82, 2.24) is 0 Å². The molecule has 13 heavy (non-hydrogen) atoms. The molecule has 0 radical (unpaired) electrons. The predicted octanol–water partition coefficient (Wildman–Crippen LogP) is 2.57. The van der Waals surface area contributed by atoms with Crippen molar-refractivity contribution in [3.63, 3.8) is 0 Å². The molecule has 0 aliphatic heterocycles. The highest BCUT2D eigenvalue weighted by Crippen LogP contribution is 2.10. The van der Waals surface area contributed by atoms with Crippen LogP contribution in [0.5, 0.6) is 0 Å². The molecule has 0 saturated heterocycles. The highest BCUT2D eigenvalue weighted by Gasteiger charge is 2.14. The number of nitrogens with two attached hydrogens (primary N) is 1. The summed E-state index contributed by atoms with van der Waals surface area (Å²) >= 11 is 0. The molecule has 0 aliphatic rings. The summed E-state index contributed by atoms with van der Waals surface area (Å²) in [6, 6.07) is 0. The van der Waals surface area contributed by atoms with E-state index < -0.39 is 0 Å². The Morgan fingerprint density at radius 1 is 1.31 bits per heavy atom. The van der Waals surface area contributed by atoms with Crippen molar-refractivity contribution < 1.29 is 4.74 Å². The van der Waals surface area contributed by atoms with E-state index in [-0.39, 0.29) is 5.54 Å². The van der Waals surface area contributed by atoms with Gasteiger partial charge in [0.15, 0.2) is 0 Å². The van der Waals surface area contributed by atoms with Gasteiger partial charge in [0.25, 0.3) is 0 Å². The molecule has 2 heteroatoms. The summed E-state index contributed by atoms with van der Waals surface area (Å²) in [7, 11) is 0. The lowest BCUT2D eigenvalue weighted by Crippen LogP contribution is -2.36. The Balaban J connectivity index is 3.26. The van der Waals surface area contributed by atoms with Gasteiger partial charge in [-0.25, -0.2) is 0 Å². The Bertz CT molecular complexity index is 121. The van der Waals surface area contributed by atoms with Gasteiger partial charge in [0.05, 0.1) is 0 Å². The monoisotopic (exact) mass is 187 g/mol. The molecular weight excluding hydrogens is 162 g/mol. The second-order valence-corrected chi connectivity index (χ2v) is 4.55. The van der Waals surface area contributed by atoms with Crippen LogP contribution in [0.2, 0.25) is 0 Å². The average molecular weight is 187 g/mol. The van der Waals surface area contributed by atoms with Crippen molar-refractivity contribution >= 4 is 0 Å². The first kappa shape index (κ1) is 12.9. The van der Waals surface area contributed by atoms with E-state index in [0.29, 0.717) is 0 Å². The zero-order chi connectivity index (χ0) is 10.3. The van der Waals surface area contributed by atoms with E-state index in [1.165, 1.54) is 0 Å². The molecule has 0 aromatic heterocycles. The van der Waals surface area contributed by atoms with Crippen LogP contribution in [0.15, 0.2) is 0 Å². The van der Waals surface area contributed by atoms with Crippen LogP contribution < -0.4 is 5.73 Å². The highest BCUT2D eigenvalue weighted by molar-refractivity contribution is 4.75. The number of hydrogen-bond donors (Lipinski definition) is 1. The van der Waals surface area contributed by atoms with E-state index >= 15 is 0 Å². The van der Waals surface area contributed by atoms with Crippen LogP contribution in [0.1, 0.15) is 47.0 Å². The predicted molar refractivity (Wildman–Crippen MR) is 57.8 cm³/mol. The van der Waals surface area contributed by atoms with E-state index in [1.807, 2.05) is 0 Å². The number of rotatable bonds is 7. The minimum absolute atomic E-state index is 0.0438. The molecule has 1 unspecified atom stereocenters. The minimum Gasteiger partial charge on any atom is -0.381 e. The topological polar surface area (TPSA) is 35.2 Å². The second-order valence-electron chi connectivity index (χ2n) is 4.55. The third-order valence-electron chi connectivity index (χ3n) is 2.46. The molecule has 0 aromatic carbocycles. The van der Waals surface area contributed by atoms with Crippen LogP contribution in [0.4, 0.5) is 0 Å². The molecule has 80 valence electrons. The molecule has 0 aliphatic carbocycles. The van der Waals surface area contributed by atoms with Crippen molar-refractivity contribution in [2.75, 3.05) is 13.2 Å². The van der Waals surface area contributed by atoms with Crippen LogP contribution >= 0.6 is 0 Å². The van der Waals surface area contributed by atoms with E-state index in [9.17, 15) is 0 Å². The van der Waals surface area contributed by atoms with Gasteiger partial charge in [-0.2, -0.15) is 0 Å². The second kappa shape index (κ2) is 6.39. The van der Waals surface area contributed by atoms with Gasteiger partial charge in [0, 0.05) is 18.8 Å². The summed E-state index contributed by atoms with van der Waals surface area (Å²) < 4.78 is 5.50. The number of ether oxygens (including phenoxy) is 1. The zero-order valence-corrected chi connectivity index (χ0v) is 9.60. The highest BCUT2D eigenvalue weighted by atomic mass is 16.5. The van der Waals surface area contributed by atoms with Gasteiger partial charge >= 0.3 is 0 Å². The smallest absolute Gasteiger partial charge is 0.0483 e. The van der Waals surface area contributed by atoms with E-state index in [2.05, 4.69) is 27.7 Å². The van der Waals surface area contributed by atoms with Crippen LogP contribution in [0, 0.1) is 5.92 Å². The van der Waals surface area contributed by atoms with Crippen LogP contribution in [-0.2, 0) is 4.74 Å². The average Bonchev–Trinajstić information content (AvgIpc) is 2.03. The molecule has 1 atom stereocenters. The van der Waals surface area contributed by atoms with Gasteiger partial charge in [-0.15, -0.1) is 0 Å². The molecule has 0 heterocycles. The fourth-order valence-electron chi connectivity index (χ4n) is 0.903. The Kier molecular flexibility index (Phi) is 6.35. The van der Waals surface area contributed by atoms with E-state index in [4.69, 9.17) is 10.5 Å². The largest absolute Gasteiger partial charge is 0.381 e. The molecule has 0 saturated carbocycles. The van der Waals surface area contributed by atoms with Crippen molar-refractivity contribution in [3.05, 3.63) is 0 Å². The van der Waals surface area contributed by atoms with E-state index in [1.54, 1.807) is 0 Å². The zero-order valence-electron chi connectivity index (χ0n) is 9.60. The first-order chi connectivity index (χ1) is 5.98. The van der Waals surface area contributed by atoms with Crippen LogP contribution in [0.3, 0.4) is 0 Å². The summed E-state index contributed by atoms with van der Waals surface area (Å²) in [5, 5.41) is 0. The van der Waals surface area contributed by atoms with Gasteiger partial charge in [-0.1, -0.05) is 20.8 Å².